The molecular formula is C22H29NO5. The van der Waals surface area contributed by atoms with Gasteiger partial charge in [-0.3, -0.25) is 0 Å². The zero-order valence-electron chi connectivity index (χ0n) is 16.6. The summed E-state index contributed by atoms with van der Waals surface area (Å²) >= 11 is 0. The standard InChI is InChI=1S/C22H29NO5/c1-17-15-25-13-11-24-12-14-26-16-18(2)28-22-10-6-4-8-20(22)23-19-7-3-5-9-21(19)27-17/h3-10,17-18,23H,11-16H2,1-2H3/t17-,18-/m1/s1. The maximum absolute atomic E-state index is 6.09. The molecule has 2 aromatic rings. The van der Waals surface area contributed by atoms with Crippen LogP contribution in [-0.2, 0) is 14.2 Å². The van der Waals surface area contributed by atoms with Crippen molar-refractivity contribution in [1.82, 2.24) is 0 Å². The van der Waals surface area contributed by atoms with Gasteiger partial charge in [0.15, 0.2) is 0 Å². The Balaban J connectivity index is 1.79. The Morgan fingerprint density at radius 3 is 1.57 bits per heavy atom. The lowest BCUT2D eigenvalue weighted by Gasteiger charge is -2.21. The summed E-state index contributed by atoms with van der Waals surface area (Å²) in [4.78, 5) is 0. The molecule has 0 spiro atoms. The summed E-state index contributed by atoms with van der Waals surface area (Å²) in [6.07, 6.45) is -0.173. The van der Waals surface area contributed by atoms with E-state index in [0.29, 0.717) is 39.6 Å². The Kier molecular flexibility index (Phi) is 7.96. The molecule has 0 amide bonds. The lowest BCUT2D eigenvalue weighted by Crippen LogP contribution is -2.23. The van der Waals surface area contributed by atoms with Gasteiger partial charge in [0.2, 0.25) is 0 Å². The fourth-order valence-corrected chi connectivity index (χ4v) is 2.83. The van der Waals surface area contributed by atoms with E-state index in [1.165, 1.54) is 0 Å². The molecule has 0 saturated carbocycles. The number of rotatable bonds is 0. The van der Waals surface area contributed by atoms with Crippen molar-refractivity contribution in [3.8, 4) is 11.5 Å². The third-order valence-electron chi connectivity index (χ3n) is 4.15. The molecule has 2 atom stereocenters. The molecule has 0 bridgehead atoms. The van der Waals surface area contributed by atoms with Gasteiger partial charge in [0.1, 0.15) is 23.7 Å². The maximum Gasteiger partial charge on any atom is 0.143 e. The number of hydrogen-bond acceptors (Lipinski definition) is 6. The van der Waals surface area contributed by atoms with E-state index in [1.807, 2.05) is 62.4 Å². The summed E-state index contributed by atoms with van der Waals surface area (Å²) in [5.41, 5.74) is 1.75. The summed E-state index contributed by atoms with van der Waals surface area (Å²) in [5, 5.41) is 3.43. The largest absolute Gasteiger partial charge is 0.486 e. The average molecular weight is 387 g/mol. The molecule has 1 N–H and O–H groups in total. The van der Waals surface area contributed by atoms with Crippen molar-refractivity contribution in [1.29, 1.82) is 0 Å². The number of fused-ring (bicyclic) bond motifs is 2. The lowest BCUT2D eigenvalue weighted by molar-refractivity contribution is -0.0115. The molecule has 2 aromatic carbocycles. The van der Waals surface area contributed by atoms with E-state index in [0.717, 1.165) is 22.9 Å². The van der Waals surface area contributed by atoms with E-state index in [2.05, 4.69) is 5.32 Å². The summed E-state index contributed by atoms with van der Waals surface area (Å²) in [6, 6.07) is 15.7. The van der Waals surface area contributed by atoms with Crippen molar-refractivity contribution < 1.29 is 23.7 Å². The molecule has 3 rings (SSSR count). The molecule has 1 heterocycles. The smallest absolute Gasteiger partial charge is 0.143 e. The van der Waals surface area contributed by atoms with Gasteiger partial charge in [-0.2, -0.15) is 0 Å². The molecule has 6 nitrogen and oxygen atoms in total. The average Bonchev–Trinajstić information content (AvgIpc) is 2.69. The first-order chi connectivity index (χ1) is 13.7. The number of anilines is 2. The molecule has 28 heavy (non-hydrogen) atoms. The van der Waals surface area contributed by atoms with Crippen molar-refractivity contribution in [3.05, 3.63) is 48.5 Å². The van der Waals surface area contributed by atoms with Crippen molar-refractivity contribution in [2.45, 2.75) is 26.1 Å². The SMILES string of the molecule is C[C@@H]1COCCOCCOC[C@@H](C)Oc2ccccc2Nc2ccccc2O1. The minimum atomic E-state index is -0.0864. The van der Waals surface area contributed by atoms with Crippen molar-refractivity contribution in [3.63, 3.8) is 0 Å². The molecular weight excluding hydrogens is 358 g/mol. The second kappa shape index (κ2) is 10.9. The van der Waals surface area contributed by atoms with Crippen LogP contribution in [0.25, 0.3) is 0 Å². The van der Waals surface area contributed by atoms with Crippen molar-refractivity contribution in [2.24, 2.45) is 0 Å². The van der Waals surface area contributed by atoms with E-state index in [4.69, 9.17) is 23.7 Å². The minimum absolute atomic E-state index is 0.0864. The van der Waals surface area contributed by atoms with Crippen LogP contribution in [0.1, 0.15) is 13.8 Å². The predicted octanol–water partition coefficient (Wildman–Crippen LogP) is 4.03. The molecule has 1 aliphatic rings. The first-order valence-electron chi connectivity index (χ1n) is 9.74. The van der Waals surface area contributed by atoms with Crippen molar-refractivity contribution >= 4 is 11.4 Å². The molecule has 152 valence electrons. The third-order valence-corrected chi connectivity index (χ3v) is 4.15. The van der Waals surface area contributed by atoms with Gasteiger partial charge < -0.3 is 29.0 Å². The summed E-state index contributed by atoms with van der Waals surface area (Å²) in [6.45, 7) is 7.09. The monoisotopic (exact) mass is 387 g/mol. The van der Waals surface area contributed by atoms with Crippen LogP contribution in [-0.4, -0.2) is 51.8 Å². The zero-order chi connectivity index (χ0) is 19.6. The summed E-state index contributed by atoms with van der Waals surface area (Å²) < 4.78 is 29.0. The van der Waals surface area contributed by atoms with Gasteiger partial charge >= 0.3 is 0 Å². The molecule has 1 aliphatic heterocycles. The van der Waals surface area contributed by atoms with Gasteiger partial charge in [-0.05, 0) is 38.1 Å². The number of benzene rings is 2. The number of nitrogens with one attached hydrogen (secondary N) is 1. The fourth-order valence-electron chi connectivity index (χ4n) is 2.83. The Morgan fingerprint density at radius 2 is 1.07 bits per heavy atom. The van der Waals surface area contributed by atoms with Crippen molar-refractivity contribution in [2.75, 3.05) is 45.0 Å². The van der Waals surface area contributed by atoms with E-state index in [9.17, 15) is 0 Å². The molecule has 0 fully saturated rings. The maximum atomic E-state index is 6.09. The summed E-state index contributed by atoms with van der Waals surface area (Å²) in [7, 11) is 0. The van der Waals surface area contributed by atoms with Crippen LogP contribution in [0.5, 0.6) is 11.5 Å². The number of para-hydroxylation sites is 4. The number of hydrogen-bond donors (Lipinski definition) is 1. The van der Waals surface area contributed by atoms with Crippen LogP contribution in [0.15, 0.2) is 48.5 Å². The van der Waals surface area contributed by atoms with Gasteiger partial charge in [0.25, 0.3) is 0 Å². The van der Waals surface area contributed by atoms with Crippen LogP contribution >= 0.6 is 0 Å². The Labute approximate surface area is 166 Å². The first kappa shape index (κ1) is 20.5. The topological polar surface area (TPSA) is 58.2 Å². The minimum Gasteiger partial charge on any atom is -0.486 e. The Hall–Kier alpha value is -2.28. The number of ether oxygens (including phenoxy) is 5. The van der Waals surface area contributed by atoms with Gasteiger partial charge in [-0.1, -0.05) is 24.3 Å². The highest BCUT2D eigenvalue weighted by molar-refractivity contribution is 5.70. The van der Waals surface area contributed by atoms with Gasteiger partial charge in [-0.25, -0.2) is 0 Å². The molecule has 0 saturated heterocycles. The molecule has 0 aromatic heterocycles. The van der Waals surface area contributed by atoms with Gasteiger partial charge in [-0.15, -0.1) is 0 Å². The lowest BCUT2D eigenvalue weighted by atomic mass is 10.2. The Morgan fingerprint density at radius 1 is 0.643 bits per heavy atom. The van der Waals surface area contributed by atoms with Crippen LogP contribution in [0, 0.1) is 0 Å². The normalized spacial score (nSPS) is 22.2. The zero-order valence-corrected chi connectivity index (χ0v) is 16.6. The quantitative estimate of drug-likeness (QED) is 0.737. The molecule has 0 aliphatic carbocycles. The fraction of sp³-hybridized carbons (Fsp3) is 0.455. The molecule has 0 unspecified atom stereocenters. The second-order valence-electron chi connectivity index (χ2n) is 6.74. The second-order valence-corrected chi connectivity index (χ2v) is 6.74. The van der Waals surface area contributed by atoms with E-state index < -0.39 is 0 Å². The summed E-state index contributed by atoms with van der Waals surface area (Å²) in [5.74, 6) is 1.53. The van der Waals surface area contributed by atoms with E-state index in [-0.39, 0.29) is 12.2 Å². The molecule has 0 radical (unpaired) electrons. The van der Waals surface area contributed by atoms with Crippen LogP contribution in [0.4, 0.5) is 11.4 Å². The highest BCUT2D eigenvalue weighted by atomic mass is 16.6. The highest BCUT2D eigenvalue weighted by Crippen LogP contribution is 2.33. The van der Waals surface area contributed by atoms with Crippen LogP contribution in [0.3, 0.4) is 0 Å². The van der Waals surface area contributed by atoms with Crippen LogP contribution < -0.4 is 14.8 Å². The Bertz CT molecular complexity index is 664. The van der Waals surface area contributed by atoms with Crippen LogP contribution in [0.2, 0.25) is 0 Å². The third kappa shape index (κ3) is 6.41. The first-order valence-corrected chi connectivity index (χ1v) is 9.74. The van der Waals surface area contributed by atoms with E-state index in [1.54, 1.807) is 0 Å². The highest BCUT2D eigenvalue weighted by Gasteiger charge is 2.13. The van der Waals surface area contributed by atoms with Gasteiger partial charge in [0, 0.05) is 0 Å². The van der Waals surface area contributed by atoms with E-state index >= 15 is 0 Å². The molecule has 6 heteroatoms. The van der Waals surface area contributed by atoms with Gasteiger partial charge in [0.05, 0.1) is 51.0 Å². The predicted molar refractivity (Wildman–Crippen MR) is 109 cm³/mol.